The average molecular weight is 672 g/mol. The summed E-state index contributed by atoms with van der Waals surface area (Å²) in [6.07, 6.45) is 1.89. The van der Waals surface area contributed by atoms with Crippen LogP contribution in [-0.2, 0) is 16.1 Å². The molecule has 0 fully saturated rings. The van der Waals surface area contributed by atoms with Crippen molar-refractivity contribution in [2.45, 2.75) is 32.7 Å². The maximum absolute atomic E-state index is 13.8. The summed E-state index contributed by atoms with van der Waals surface area (Å²) in [6, 6.07) is 16.6. The maximum Gasteiger partial charge on any atom is 0.254 e. The Morgan fingerprint density at radius 1 is 0.918 bits per heavy atom. The summed E-state index contributed by atoms with van der Waals surface area (Å²) in [7, 11) is 5.45. The maximum atomic E-state index is 13.8. The van der Waals surface area contributed by atoms with Gasteiger partial charge in [-0.2, -0.15) is 0 Å². The summed E-state index contributed by atoms with van der Waals surface area (Å²) in [5.74, 6) is 0.834. The Hall–Kier alpha value is -5.26. The lowest BCUT2D eigenvalue weighted by molar-refractivity contribution is -0.132. The fourth-order valence-electron chi connectivity index (χ4n) is 5.94. The second-order valence-electron chi connectivity index (χ2n) is 12.4. The summed E-state index contributed by atoms with van der Waals surface area (Å²) in [5, 5.41) is 5.57. The molecule has 49 heavy (non-hydrogen) atoms. The first-order valence-corrected chi connectivity index (χ1v) is 16.6. The zero-order chi connectivity index (χ0) is 34.9. The van der Waals surface area contributed by atoms with Gasteiger partial charge < -0.3 is 39.5 Å². The number of benzene rings is 3. The van der Waals surface area contributed by atoms with Gasteiger partial charge in [-0.25, -0.2) is 0 Å². The van der Waals surface area contributed by atoms with E-state index in [1.54, 1.807) is 35.1 Å². The molecule has 0 aromatic heterocycles. The van der Waals surface area contributed by atoms with Gasteiger partial charge in [0.2, 0.25) is 11.8 Å². The molecule has 3 aromatic carbocycles. The van der Waals surface area contributed by atoms with Crippen LogP contribution in [0.15, 0.2) is 54.6 Å². The highest BCUT2D eigenvalue weighted by Gasteiger charge is 2.26. The third-order valence-corrected chi connectivity index (χ3v) is 8.58. The van der Waals surface area contributed by atoms with E-state index in [0.29, 0.717) is 86.0 Å². The van der Waals surface area contributed by atoms with E-state index in [0.717, 1.165) is 16.8 Å². The number of fused-ring (bicyclic) bond motifs is 7. The number of carbonyl (C=O) groups is 4. The molecule has 4 amide bonds. The average Bonchev–Trinajstić information content (AvgIpc) is 3.33. The quantitative estimate of drug-likeness (QED) is 0.420. The van der Waals surface area contributed by atoms with E-state index in [1.165, 1.54) is 6.92 Å². The molecule has 0 radical (unpaired) electrons. The predicted molar refractivity (Wildman–Crippen MR) is 186 cm³/mol. The molecule has 4 bridgehead atoms. The van der Waals surface area contributed by atoms with E-state index in [1.807, 2.05) is 55.4 Å². The minimum Gasteiger partial charge on any atom is -0.496 e. The van der Waals surface area contributed by atoms with Gasteiger partial charge in [0.05, 0.1) is 26.8 Å². The number of amides is 4. The summed E-state index contributed by atoms with van der Waals surface area (Å²) in [6.45, 7) is 3.86. The van der Waals surface area contributed by atoms with Crippen LogP contribution in [0.5, 0.6) is 17.2 Å². The van der Waals surface area contributed by atoms with Crippen LogP contribution in [0.3, 0.4) is 0 Å². The second kappa shape index (κ2) is 16.2. The molecule has 3 aromatic rings. The van der Waals surface area contributed by atoms with Crippen LogP contribution in [0, 0.1) is 0 Å². The van der Waals surface area contributed by atoms with Gasteiger partial charge in [-0.1, -0.05) is 6.07 Å². The first kappa shape index (κ1) is 35.1. The molecule has 2 aliphatic heterocycles. The number of methoxy groups -OCH3 is 1. The molecule has 0 unspecified atom stereocenters. The molecule has 260 valence electrons. The molecule has 2 aliphatic rings. The van der Waals surface area contributed by atoms with Crippen LogP contribution in [0.2, 0.25) is 0 Å². The van der Waals surface area contributed by atoms with Crippen molar-refractivity contribution in [3.8, 4) is 28.4 Å². The summed E-state index contributed by atoms with van der Waals surface area (Å²) < 4.78 is 18.4. The molecule has 5 rings (SSSR count). The fraction of sp³-hybridized carbons (Fsp3) is 0.405. The first-order chi connectivity index (χ1) is 23.6. The van der Waals surface area contributed by atoms with Crippen molar-refractivity contribution >= 4 is 29.3 Å². The molecule has 12 nitrogen and oxygen atoms in total. The highest BCUT2D eigenvalue weighted by atomic mass is 16.5. The lowest BCUT2D eigenvalue weighted by atomic mass is 9.98. The van der Waals surface area contributed by atoms with Crippen molar-refractivity contribution in [3.05, 3.63) is 71.3 Å². The number of nitrogens with zero attached hydrogens (tertiary/aromatic N) is 3. The number of rotatable bonds is 5. The Morgan fingerprint density at radius 3 is 2.51 bits per heavy atom. The number of ether oxygens (including phenoxy) is 3. The van der Waals surface area contributed by atoms with Crippen molar-refractivity contribution in [3.63, 3.8) is 0 Å². The van der Waals surface area contributed by atoms with Gasteiger partial charge in [-0.15, -0.1) is 0 Å². The largest absolute Gasteiger partial charge is 0.496 e. The van der Waals surface area contributed by atoms with Crippen molar-refractivity contribution < 1.29 is 33.4 Å². The van der Waals surface area contributed by atoms with Crippen LogP contribution in [0.25, 0.3) is 11.1 Å². The number of anilines is 1. The van der Waals surface area contributed by atoms with Crippen LogP contribution in [-0.4, -0.2) is 101 Å². The molecule has 0 atom stereocenters. The van der Waals surface area contributed by atoms with Gasteiger partial charge in [-0.05, 0) is 73.4 Å². The third kappa shape index (κ3) is 8.81. The highest BCUT2D eigenvalue weighted by Crippen LogP contribution is 2.41. The number of carbonyl (C=O) groups excluding carboxylic acids is 4. The van der Waals surface area contributed by atoms with Gasteiger partial charge in [0.1, 0.15) is 12.4 Å². The zero-order valence-electron chi connectivity index (χ0n) is 28.7. The Labute approximate surface area is 287 Å². The Kier molecular flexibility index (Phi) is 11.6. The van der Waals surface area contributed by atoms with Crippen molar-refractivity contribution in [1.82, 2.24) is 20.4 Å². The van der Waals surface area contributed by atoms with Crippen molar-refractivity contribution in [1.29, 1.82) is 0 Å². The van der Waals surface area contributed by atoms with Gasteiger partial charge in [0.25, 0.3) is 11.8 Å². The molecule has 0 saturated heterocycles. The number of nitrogens with one attached hydrogen (secondary N) is 2. The van der Waals surface area contributed by atoms with E-state index < -0.39 is 0 Å². The zero-order valence-corrected chi connectivity index (χ0v) is 28.7. The summed E-state index contributed by atoms with van der Waals surface area (Å²) in [5.41, 5.74) is 4.17. The fourth-order valence-corrected chi connectivity index (χ4v) is 5.94. The highest BCUT2D eigenvalue weighted by molar-refractivity contribution is 5.97. The first-order valence-electron chi connectivity index (χ1n) is 16.6. The topological polar surface area (TPSA) is 130 Å². The summed E-state index contributed by atoms with van der Waals surface area (Å²) >= 11 is 0. The van der Waals surface area contributed by atoms with Crippen molar-refractivity contribution in [2.75, 3.05) is 72.0 Å². The molecular weight excluding hydrogens is 626 g/mol. The van der Waals surface area contributed by atoms with E-state index in [4.69, 9.17) is 14.2 Å². The molecule has 12 heteroatoms. The van der Waals surface area contributed by atoms with Crippen molar-refractivity contribution in [2.24, 2.45) is 0 Å². The predicted octanol–water partition coefficient (Wildman–Crippen LogP) is 3.72. The number of hydrogen-bond acceptors (Lipinski definition) is 8. The SMILES string of the molecule is COc1ccc2cc1-c1cc3c(c(c1)OCCCN(C(=O)CNC(C)=O)CCCCNC2=O)OCCN(C(=O)c1cccc(N(C)C)c1)C3. The smallest absolute Gasteiger partial charge is 0.254 e. The van der Waals surface area contributed by atoms with E-state index in [9.17, 15) is 19.2 Å². The lowest BCUT2D eigenvalue weighted by Crippen LogP contribution is -2.41. The van der Waals surface area contributed by atoms with E-state index in [-0.39, 0.29) is 43.3 Å². The Morgan fingerprint density at radius 2 is 1.73 bits per heavy atom. The molecular formula is C37H45N5O7. The van der Waals surface area contributed by atoms with Crippen LogP contribution >= 0.6 is 0 Å². The van der Waals surface area contributed by atoms with Crippen LogP contribution in [0.1, 0.15) is 52.5 Å². The molecule has 2 N–H and O–H groups in total. The third-order valence-electron chi connectivity index (χ3n) is 8.58. The molecule has 0 spiro atoms. The second-order valence-corrected chi connectivity index (χ2v) is 12.4. The van der Waals surface area contributed by atoms with Crippen LogP contribution < -0.4 is 29.7 Å². The van der Waals surface area contributed by atoms with Gasteiger partial charge in [0, 0.05) is 75.1 Å². The normalized spacial score (nSPS) is 15.3. The standard InChI is InChI=1S/C37H45N5O7/c1-25(43)39-23-34(44)41-14-6-5-13-38-36(45)26-11-12-32(47-4)31(21-26)28-19-29-24-42(37(46)27-9-7-10-30(20-27)40(2)3)16-18-49-35(29)33(22-28)48-17-8-15-41/h7,9-12,19-22H,5-6,8,13-18,23-24H2,1-4H3,(H,38,45)(H,39,43). The summed E-state index contributed by atoms with van der Waals surface area (Å²) in [4.78, 5) is 56.9. The van der Waals surface area contributed by atoms with E-state index in [2.05, 4.69) is 10.6 Å². The number of hydrogen-bond donors (Lipinski definition) is 2. The van der Waals surface area contributed by atoms with Crippen LogP contribution in [0.4, 0.5) is 5.69 Å². The van der Waals surface area contributed by atoms with Gasteiger partial charge >= 0.3 is 0 Å². The molecule has 2 heterocycles. The monoisotopic (exact) mass is 671 g/mol. The minimum absolute atomic E-state index is 0.0809. The molecule has 0 saturated carbocycles. The minimum atomic E-state index is -0.270. The van der Waals surface area contributed by atoms with Gasteiger partial charge in [0.15, 0.2) is 11.5 Å². The Bertz CT molecular complexity index is 1690. The molecule has 0 aliphatic carbocycles. The lowest BCUT2D eigenvalue weighted by Gasteiger charge is -2.23. The Balaban J connectivity index is 1.50. The van der Waals surface area contributed by atoms with E-state index >= 15 is 0 Å². The van der Waals surface area contributed by atoms with Gasteiger partial charge in [-0.3, -0.25) is 19.2 Å².